The van der Waals surface area contributed by atoms with E-state index in [0.29, 0.717) is 23.6 Å². The molecule has 164 valence electrons. The topological polar surface area (TPSA) is 90.3 Å². The number of hydrogen-bond acceptors (Lipinski definition) is 5. The number of carbonyl (C=O) groups is 1. The summed E-state index contributed by atoms with van der Waals surface area (Å²) in [4.78, 5) is 17.0. The smallest absolute Gasteiger partial charge is 0.240 e. The Morgan fingerprint density at radius 2 is 1.59 bits per heavy atom. The molecule has 0 spiro atoms. The number of nitrogens with zero attached hydrogens (tertiary/aromatic N) is 2. The van der Waals surface area contributed by atoms with E-state index in [4.69, 9.17) is 4.74 Å². The second-order valence-electron chi connectivity index (χ2n) is 7.51. The first-order chi connectivity index (χ1) is 15.4. The molecule has 3 aromatic carbocycles. The molecule has 1 amide bonds. The average Bonchev–Trinajstić information content (AvgIpc) is 3.09. The highest BCUT2D eigenvalue weighted by atomic mass is 32.2. The van der Waals surface area contributed by atoms with Gasteiger partial charge < -0.3 is 14.6 Å². The monoisotopic (exact) mass is 449 g/mol. The Bertz CT molecular complexity index is 1330. The van der Waals surface area contributed by atoms with Gasteiger partial charge in [-0.3, -0.25) is 4.79 Å². The Kier molecular flexibility index (Phi) is 6.23. The molecule has 8 heteroatoms. The zero-order chi connectivity index (χ0) is 22.6. The van der Waals surface area contributed by atoms with Crippen LogP contribution in [0.25, 0.3) is 11.0 Å². The normalized spacial score (nSPS) is 11.4. The fourth-order valence-electron chi connectivity index (χ4n) is 3.35. The first kappa shape index (κ1) is 21.6. The molecule has 0 atom stereocenters. The van der Waals surface area contributed by atoms with Crippen molar-refractivity contribution in [2.75, 3.05) is 6.26 Å². The van der Waals surface area contributed by atoms with E-state index in [2.05, 4.69) is 10.3 Å². The number of aromatic nitrogens is 2. The van der Waals surface area contributed by atoms with Crippen LogP contribution in [0.2, 0.25) is 0 Å². The van der Waals surface area contributed by atoms with Crippen LogP contribution in [-0.2, 0) is 33.5 Å². The van der Waals surface area contributed by atoms with E-state index in [1.807, 2.05) is 72.8 Å². The fourth-order valence-corrected chi connectivity index (χ4v) is 4.04. The van der Waals surface area contributed by atoms with Crippen molar-refractivity contribution in [1.29, 1.82) is 0 Å². The maximum Gasteiger partial charge on any atom is 0.240 e. The first-order valence-corrected chi connectivity index (χ1v) is 12.1. The van der Waals surface area contributed by atoms with E-state index in [0.717, 1.165) is 23.1 Å². The Labute approximate surface area is 186 Å². The van der Waals surface area contributed by atoms with Gasteiger partial charge in [0.05, 0.1) is 11.0 Å². The van der Waals surface area contributed by atoms with Gasteiger partial charge in [-0.25, -0.2) is 13.4 Å². The molecule has 4 aromatic rings. The number of sulfone groups is 1. The van der Waals surface area contributed by atoms with Crippen molar-refractivity contribution in [2.24, 2.45) is 0 Å². The number of para-hydroxylation sites is 3. The molecule has 0 radical (unpaired) electrons. The van der Waals surface area contributed by atoms with Crippen molar-refractivity contribution >= 4 is 26.8 Å². The summed E-state index contributed by atoms with van der Waals surface area (Å²) >= 11 is 0. The lowest BCUT2D eigenvalue weighted by molar-refractivity contribution is -0.121. The SMILES string of the molecule is CS(=O)(=O)Cc1nc2ccccc2n1CC(=O)NCc1ccc(Oc2ccccc2)cc1. The van der Waals surface area contributed by atoms with E-state index < -0.39 is 9.84 Å². The molecule has 0 unspecified atom stereocenters. The Morgan fingerprint density at radius 3 is 2.31 bits per heavy atom. The Balaban J connectivity index is 1.41. The summed E-state index contributed by atoms with van der Waals surface area (Å²) in [6.07, 6.45) is 1.15. The average molecular weight is 450 g/mol. The van der Waals surface area contributed by atoms with Crippen LogP contribution in [0, 0.1) is 0 Å². The predicted molar refractivity (Wildman–Crippen MR) is 123 cm³/mol. The fraction of sp³-hybridized carbons (Fsp3) is 0.167. The zero-order valence-corrected chi connectivity index (χ0v) is 18.4. The van der Waals surface area contributed by atoms with Crippen molar-refractivity contribution < 1.29 is 17.9 Å². The van der Waals surface area contributed by atoms with Crippen LogP contribution in [0.4, 0.5) is 0 Å². The quantitative estimate of drug-likeness (QED) is 0.443. The number of rotatable bonds is 8. The van der Waals surface area contributed by atoms with Gasteiger partial charge in [-0.1, -0.05) is 42.5 Å². The minimum atomic E-state index is -3.29. The molecule has 0 aliphatic rings. The number of fused-ring (bicyclic) bond motifs is 1. The number of benzene rings is 3. The third-order valence-corrected chi connectivity index (χ3v) is 5.60. The van der Waals surface area contributed by atoms with Gasteiger partial charge in [0.2, 0.25) is 5.91 Å². The summed E-state index contributed by atoms with van der Waals surface area (Å²) in [5.74, 6) is 1.36. The van der Waals surface area contributed by atoms with Gasteiger partial charge in [0.15, 0.2) is 9.84 Å². The van der Waals surface area contributed by atoms with Crippen LogP contribution in [0.1, 0.15) is 11.4 Å². The van der Waals surface area contributed by atoms with Crippen molar-refractivity contribution in [3.8, 4) is 11.5 Å². The van der Waals surface area contributed by atoms with Gasteiger partial charge in [-0.05, 0) is 42.0 Å². The maximum absolute atomic E-state index is 12.6. The molecule has 0 saturated carbocycles. The molecule has 1 heterocycles. The van der Waals surface area contributed by atoms with Gasteiger partial charge in [0, 0.05) is 12.8 Å². The van der Waals surface area contributed by atoms with E-state index >= 15 is 0 Å². The van der Waals surface area contributed by atoms with Crippen LogP contribution in [0.5, 0.6) is 11.5 Å². The van der Waals surface area contributed by atoms with Crippen LogP contribution in [-0.4, -0.2) is 30.1 Å². The number of nitrogens with one attached hydrogen (secondary N) is 1. The van der Waals surface area contributed by atoms with Crippen molar-refractivity contribution in [3.05, 3.63) is 90.3 Å². The van der Waals surface area contributed by atoms with Crippen molar-refractivity contribution in [1.82, 2.24) is 14.9 Å². The van der Waals surface area contributed by atoms with Gasteiger partial charge in [0.1, 0.15) is 29.6 Å². The number of amides is 1. The summed E-state index contributed by atoms with van der Waals surface area (Å²) < 4.78 is 31.0. The number of hydrogen-bond donors (Lipinski definition) is 1. The van der Waals surface area contributed by atoms with Gasteiger partial charge in [0.25, 0.3) is 0 Å². The number of ether oxygens (including phenoxy) is 1. The largest absolute Gasteiger partial charge is 0.457 e. The summed E-state index contributed by atoms with van der Waals surface area (Å²) in [6.45, 7) is 0.332. The van der Waals surface area contributed by atoms with Crippen LogP contribution in [0.15, 0.2) is 78.9 Å². The molecule has 4 rings (SSSR count). The maximum atomic E-state index is 12.6. The minimum Gasteiger partial charge on any atom is -0.457 e. The van der Waals surface area contributed by atoms with Crippen molar-refractivity contribution in [3.63, 3.8) is 0 Å². The van der Waals surface area contributed by atoms with Crippen LogP contribution in [0.3, 0.4) is 0 Å². The molecular weight excluding hydrogens is 426 g/mol. The third kappa shape index (κ3) is 5.53. The lowest BCUT2D eigenvalue weighted by atomic mass is 10.2. The minimum absolute atomic E-state index is 0.0133. The molecule has 32 heavy (non-hydrogen) atoms. The molecule has 0 aliphatic carbocycles. The second kappa shape index (κ2) is 9.23. The molecular formula is C24H23N3O4S. The first-order valence-electron chi connectivity index (χ1n) is 10.1. The van der Waals surface area contributed by atoms with E-state index in [1.165, 1.54) is 0 Å². The molecule has 0 fully saturated rings. The third-order valence-electron chi connectivity index (χ3n) is 4.82. The highest BCUT2D eigenvalue weighted by Gasteiger charge is 2.17. The number of carbonyl (C=O) groups excluding carboxylic acids is 1. The highest BCUT2D eigenvalue weighted by molar-refractivity contribution is 7.89. The van der Waals surface area contributed by atoms with Crippen LogP contribution < -0.4 is 10.1 Å². The van der Waals surface area contributed by atoms with Crippen LogP contribution >= 0.6 is 0 Å². The predicted octanol–water partition coefficient (Wildman–Crippen LogP) is 3.69. The lowest BCUT2D eigenvalue weighted by Crippen LogP contribution is -2.28. The van der Waals surface area contributed by atoms with Gasteiger partial charge in [-0.15, -0.1) is 0 Å². The lowest BCUT2D eigenvalue weighted by Gasteiger charge is -2.10. The standard InChI is InChI=1S/C24H23N3O4S/c1-32(29,30)17-23-26-21-9-5-6-10-22(21)27(23)16-24(28)25-15-18-11-13-20(14-12-18)31-19-7-3-2-4-8-19/h2-14H,15-17H2,1H3,(H,25,28). The molecule has 1 N–H and O–H groups in total. The second-order valence-corrected chi connectivity index (χ2v) is 9.65. The Hall–Kier alpha value is -3.65. The van der Waals surface area contributed by atoms with E-state index in [9.17, 15) is 13.2 Å². The summed E-state index contributed by atoms with van der Waals surface area (Å²) in [7, 11) is -3.29. The van der Waals surface area contributed by atoms with Gasteiger partial charge in [-0.2, -0.15) is 0 Å². The summed E-state index contributed by atoms with van der Waals surface area (Å²) in [6, 6.07) is 24.3. The molecule has 0 bridgehead atoms. The summed E-state index contributed by atoms with van der Waals surface area (Å²) in [5.41, 5.74) is 2.31. The molecule has 1 aromatic heterocycles. The van der Waals surface area contributed by atoms with Crippen molar-refractivity contribution in [2.45, 2.75) is 18.8 Å². The Morgan fingerprint density at radius 1 is 0.938 bits per heavy atom. The van der Waals surface area contributed by atoms with E-state index in [-0.39, 0.29) is 18.2 Å². The highest BCUT2D eigenvalue weighted by Crippen LogP contribution is 2.21. The molecule has 7 nitrogen and oxygen atoms in total. The summed E-state index contributed by atoms with van der Waals surface area (Å²) in [5, 5.41) is 2.88. The molecule has 0 aliphatic heterocycles. The van der Waals surface area contributed by atoms with Gasteiger partial charge >= 0.3 is 0 Å². The van der Waals surface area contributed by atoms with E-state index in [1.54, 1.807) is 10.6 Å². The zero-order valence-electron chi connectivity index (χ0n) is 17.6. The number of imidazole rings is 1. The molecule has 0 saturated heterocycles.